The topological polar surface area (TPSA) is 21.6 Å². The molecule has 0 N–H and O–H groups in total. The van der Waals surface area contributed by atoms with Crippen LogP contribution in [0.4, 0.5) is 0 Å². The van der Waals surface area contributed by atoms with E-state index in [-0.39, 0.29) is 5.54 Å². The Morgan fingerprint density at radius 2 is 1.56 bits per heavy atom. The molecule has 0 saturated heterocycles. The van der Waals surface area contributed by atoms with Crippen molar-refractivity contribution in [2.24, 2.45) is 22.7 Å². The van der Waals surface area contributed by atoms with Gasteiger partial charge in [0.1, 0.15) is 0 Å². The molecule has 3 heteroatoms. The summed E-state index contributed by atoms with van der Waals surface area (Å²) in [5.74, 6) is 2.82. The summed E-state index contributed by atoms with van der Waals surface area (Å²) in [5.41, 5.74) is 4.64. The fourth-order valence-electron chi connectivity index (χ4n) is 7.31. The summed E-state index contributed by atoms with van der Waals surface area (Å²) in [7, 11) is 0. The molecule has 0 fully saturated rings. The van der Waals surface area contributed by atoms with Crippen LogP contribution in [0.3, 0.4) is 0 Å². The molecule has 4 rings (SSSR count). The van der Waals surface area contributed by atoms with Crippen LogP contribution in [-0.4, -0.2) is 36.4 Å². The number of hydrogen-bond acceptors (Lipinski definition) is 2. The van der Waals surface area contributed by atoms with Gasteiger partial charge in [-0.25, -0.2) is 0 Å². The Morgan fingerprint density at radius 1 is 0.944 bits per heavy atom. The molecule has 1 aliphatic heterocycles. The Balaban J connectivity index is 1.78. The van der Waals surface area contributed by atoms with Crippen molar-refractivity contribution in [2.75, 3.05) is 6.61 Å². The maximum absolute atomic E-state index is 6.17. The first-order valence-corrected chi connectivity index (χ1v) is 22.6. The summed E-state index contributed by atoms with van der Waals surface area (Å²) in [5, 5.41) is 0. The molecule has 0 radical (unpaired) electrons. The minimum absolute atomic E-state index is 0.0902. The van der Waals surface area contributed by atoms with E-state index in [1.807, 2.05) is 3.59 Å². The molecule has 36 heavy (non-hydrogen) atoms. The van der Waals surface area contributed by atoms with Crippen LogP contribution >= 0.6 is 0 Å². The number of unbranched alkanes of at least 4 members (excludes halogenated alkanes) is 3. The van der Waals surface area contributed by atoms with Crippen LogP contribution in [0.15, 0.2) is 50.6 Å². The van der Waals surface area contributed by atoms with E-state index in [1.54, 1.807) is 18.9 Å². The molecule has 0 aromatic heterocycles. The third-order valence-corrected chi connectivity index (χ3v) is 25.6. The fourth-order valence-corrected chi connectivity index (χ4v) is 25.3. The van der Waals surface area contributed by atoms with Gasteiger partial charge in [0.25, 0.3) is 0 Å². The molecule has 198 valence electrons. The van der Waals surface area contributed by atoms with Crippen molar-refractivity contribution >= 4 is 29.8 Å². The van der Waals surface area contributed by atoms with Gasteiger partial charge in [-0.1, -0.05) is 0 Å². The molecule has 0 saturated carbocycles. The molecule has 1 aromatic rings. The van der Waals surface area contributed by atoms with Crippen molar-refractivity contribution < 1.29 is 4.74 Å². The zero-order valence-corrected chi connectivity index (χ0v) is 26.9. The second-order valence-corrected chi connectivity index (χ2v) is 25.8. The quantitative estimate of drug-likeness (QED) is 0.220. The van der Waals surface area contributed by atoms with Crippen LogP contribution in [0.5, 0.6) is 0 Å². The van der Waals surface area contributed by atoms with Crippen LogP contribution in [0.25, 0.3) is 5.57 Å². The number of benzene rings is 1. The van der Waals surface area contributed by atoms with E-state index >= 15 is 0 Å². The number of hydrogen-bond donors (Lipinski definition) is 0. The van der Waals surface area contributed by atoms with Crippen LogP contribution in [0, 0.1) is 17.8 Å². The molecule has 2 aliphatic carbocycles. The summed E-state index contributed by atoms with van der Waals surface area (Å²) in [6, 6.07) is 11.6. The van der Waals surface area contributed by atoms with Gasteiger partial charge < -0.3 is 0 Å². The third kappa shape index (κ3) is 5.84. The van der Waals surface area contributed by atoms with Gasteiger partial charge in [-0.2, -0.15) is 0 Å². The maximum atomic E-state index is 6.17. The monoisotopic (exact) mass is 597 g/mol. The Kier molecular flexibility index (Phi) is 9.50. The molecular formula is C33H51NOSn. The van der Waals surface area contributed by atoms with E-state index < -0.39 is 18.4 Å². The zero-order chi connectivity index (χ0) is 25.8. The van der Waals surface area contributed by atoms with Gasteiger partial charge >= 0.3 is 227 Å². The number of nitrogens with zero attached hydrogens (tertiary/aromatic N) is 1. The number of aliphatic imine (C=N–C) groups is 1. The van der Waals surface area contributed by atoms with E-state index in [4.69, 9.17) is 9.73 Å². The molecule has 1 aromatic carbocycles. The summed E-state index contributed by atoms with van der Waals surface area (Å²) in [4.78, 5) is 5.00. The van der Waals surface area contributed by atoms with Crippen molar-refractivity contribution in [3.05, 3.63) is 51.1 Å². The Labute approximate surface area is 226 Å². The first-order chi connectivity index (χ1) is 17.4. The van der Waals surface area contributed by atoms with Crippen molar-refractivity contribution in [1.29, 1.82) is 0 Å². The van der Waals surface area contributed by atoms with E-state index in [1.165, 1.54) is 56.1 Å². The van der Waals surface area contributed by atoms with Crippen molar-refractivity contribution in [3.63, 3.8) is 0 Å². The van der Waals surface area contributed by atoms with E-state index in [0.717, 1.165) is 12.3 Å². The van der Waals surface area contributed by atoms with Gasteiger partial charge in [0.05, 0.1) is 0 Å². The molecule has 1 heterocycles. The van der Waals surface area contributed by atoms with Gasteiger partial charge in [0, 0.05) is 0 Å². The molecule has 3 aliphatic rings. The number of ether oxygens (including phenoxy) is 1. The Hall–Kier alpha value is -1.03. The van der Waals surface area contributed by atoms with Crippen LogP contribution in [-0.2, 0) is 4.74 Å². The van der Waals surface area contributed by atoms with Gasteiger partial charge in [-0.3, -0.25) is 0 Å². The average molecular weight is 596 g/mol. The van der Waals surface area contributed by atoms with Gasteiger partial charge in [-0.05, 0) is 0 Å². The molecule has 3 atom stereocenters. The van der Waals surface area contributed by atoms with Gasteiger partial charge in [0.2, 0.25) is 0 Å². The number of rotatable bonds is 12. The molecule has 2 nitrogen and oxygen atoms in total. The third-order valence-electron chi connectivity index (χ3n) is 9.34. The fraction of sp³-hybridized carbons (Fsp3) is 0.667. The average Bonchev–Trinajstić information content (AvgIpc) is 3.45. The molecule has 0 unspecified atom stereocenters. The van der Waals surface area contributed by atoms with Crippen LogP contribution in [0.2, 0.25) is 13.3 Å². The van der Waals surface area contributed by atoms with E-state index in [9.17, 15) is 0 Å². The van der Waals surface area contributed by atoms with Gasteiger partial charge in [0.15, 0.2) is 0 Å². The summed E-state index contributed by atoms with van der Waals surface area (Å²) in [6.07, 6.45) is 13.3. The zero-order valence-electron chi connectivity index (χ0n) is 24.0. The van der Waals surface area contributed by atoms with Crippen molar-refractivity contribution in [3.8, 4) is 0 Å². The summed E-state index contributed by atoms with van der Waals surface area (Å²) in [6.45, 7) is 14.8. The van der Waals surface area contributed by atoms with Crippen LogP contribution in [0.1, 0.15) is 98.5 Å². The molecular weight excluding hydrogens is 545 g/mol. The SMILES string of the molecule is CCC[CH2][Sn]([CH2]CCC)([CH2]CCC)[C]1=C(c2ccccc2)[C@@H]2CC=C(C3=NC(C)(C)CO3)[C@@H](C)[C@@H]2C1. The van der Waals surface area contributed by atoms with Crippen molar-refractivity contribution in [2.45, 2.75) is 112 Å². The predicted octanol–water partition coefficient (Wildman–Crippen LogP) is 9.64. The van der Waals surface area contributed by atoms with Crippen molar-refractivity contribution in [1.82, 2.24) is 0 Å². The number of allylic oxidation sites excluding steroid dienone is 3. The van der Waals surface area contributed by atoms with E-state index in [2.05, 4.69) is 78.0 Å². The summed E-state index contributed by atoms with van der Waals surface area (Å²) < 4.78 is 12.9. The van der Waals surface area contributed by atoms with Gasteiger partial charge in [-0.15, -0.1) is 0 Å². The second-order valence-electron chi connectivity index (χ2n) is 12.5. The summed E-state index contributed by atoms with van der Waals surface area (Å²) >= 11 is -2.56. The second kappa shape index (κ2) is 12.2. The molecule has 0 bridgehead atoms. The predicted molar refractivity (Wildman–Crippen MR) is 159 cm³/mol. The first kappa shape index (κ1) is 28.0. The minimum atomic E-state index is -2.56. The molecule has 0 spiro atoms. The molecule has 0 amide bonds. The van der Waals surface area contributed by atoms with E-state index in [0.29, 0.717) is 24.4 Å². The standard InChI is InChI=1S/C21H24NO.3C4H9.Sn/c1-14-16-9-11-18(15-7-5-4-6-8-15)19(16)12-10-17(14)20-22-21(2,3)13-23-20;3*1-3-4-2;/h4-8,10,14,16,19H,9,12-13H2,1-3H3;3*1,3-4H2,2H3;/t14-,16-,19+;;;;/m0..../s1. The Morgan fingerprint density at radius 3 is 2.08 bits per heavy atom. The Bertz CT molecular complexity index is 951. The normalized spacial score (nSPS) is 25.4. The number of fused-ring (bicyclic) bond motifs is 1. The first-order valence-electron chi connectivity index (χ1n) is 15.1. The van der Waals surface area contributed by atoms with Crippen LogP contribution < -0.4 is 0 Å².